The number of anilines is 2. The minimum Gasteiger partial charge on any atom is -0.477 e. The van der Waals surface area contributed by atoms with Crippen molar-refractivity contribution < 1.29 is 15.0 Å². The summed E-state index contributed by atoms with van der Waals surface area (Å²) in [5, 5.41) is 26.7. The average molecular weight is 506 g/mol. The minimum absolute atomic E-state index is 0.161. The lowest BCUT2D eigenvalue weighted by atomic mass is 10.0. The number of nitrogens with one attached hydrogen (secondary N) is 1. The number of carboxylic acid groups (broad SMARTS) is 1. The Kier molecular flexibility index (Phi) is 7.04. The van der Waals surface area contributed by atoms with Gasteiger partial charge in [-0.15, -0.1) is 11.3 Å². The molecule has 4 heterocycles. The van der Waals surface area contributed by atoms with E-state index < -0.39 is 12.1 Å². The summed E-state index contributed by atoms with van der Waals surface area (Å²) in [6, 6.07) is 12.3. The number of aliphatic hydroxyl groups is 1. The monoisotopic (exact) mass is 505 g/mol. The van der Waals surface area contributed by atoms with Crippen molar-refractivity contribution in [3.8, 4) is 0 Å². The van der Waals surface area contributed by atoms with Gasteiger partial charge in [0.1, 0.15) is 21.6 Å². The summed E-state index contributed by atoms with van der Waals surface area (Å²) >= 11 is 1.15. The summed E-state index contributed by atoms with van der Waals surface area (Å²) in [5.74, 6) is -0.130. The molecule has 1 fully saturated rings. The van der Waals surface area contributed by atoms with Gasteiger partial charge in [0.15, 0.2) is 0 Å². The van der Waals surface area contributed by atoms with Crippen molar-refractivity contribution in [3.63, 3.8) is 0 Å². The first-order valence-corrected chi connectivity index (χ1v) is 13.2. The van der Waals surface area contributed by atoms with Gasteiger partial charge in [-0.25, -0.2) is 9.78 Å². The number of hydrogen-bond donors (Lipinski definition) is 4. The highest BCUT2D eigenvalue weighted by Gasteiger charge is 2.24. The highest BCUT2D eigenvalue weighted by molar-refractivity contribution is 7.21. The van der Waals surface area contributed by atoms with Crippen LogP contribution < -0.4 is 16.0 Å². The fraction of sp³-hybridized carbons (Fsp3) is 0.370. The largest absolute Gasteiger partial charge is 0.477 e. The van der Waals surface area contributed by atoms with Crippen LogP contribution in [-0.2, 0) is 6.42 Å². The van der Waals surface area contributed by atoms with Gasteiger partial charge in [-0.2, -0.15) is 0 Å². The molecule has 0 spiro atoms. The van der Waals surface area contributed by atoms with Gasteiger partial charge in [0.05, 0.1) is 11.4 Å². The quantitative estimate of drug-likeness (QED) is 0.278. The van der Waals surface area contributed by atoms with Gasteiger partial charge < -0.3 is 26.2 Å². The Balaban J connectivity index is 1.25. The van der Waals surface area contributed by atoms with Crippen molar-refractivity contribution in [2.45, 2.75) is 44.8 Å². The number of piperidine rings is 1. The van der Waals surface area contributed by atoms with Gasteiger partial charge in [-0.3, -0.25) is 4.98 Å². The average Bonchev–Trinajstić information content (AvgIpc) is 3.24. The predicted molar refractivity (Wildman–Crippen MR) is 145 cm³/mol. The van der Waals surface area contributed by atoms with Crippen LogP contribution in [0.2, 0.25) is 0 Å². The van der Waals surface area contributed by atoms with Crippen LogP contribution in [0.15, 0.2) is 42.6 Å². The van der Waals surface area contributed by atoms with Crippen molar-refractivity contribution in [1.29, 1.82) is 0 Å². The zero-order valence-corrected chi connectivity index (χ0v) is 21.1. The SMILES string of the molecule is CCCc1cc(N2CCC(NCC(O)c3nccc4ccccc34)CC2)nc2sc(C(=O)O)c(N)c12. The van der Waals surface area contributed by atoms with E-state index in [4.69, 9.17) is 10.7 Å². The van der Waals surface area contributed by atoms with Crippen LogP contribution in [-0.4, -0.2) is 51.8 Å². The lowest BCUT2D eigenvalue weighted by Gasteiger charge is -2.34. The number of hydrogen-bond acceptors (Lipinski definition) is 8. The Labute approximate surface area is 213 Å². The topological polar surface area (TPSA) is 125 Å². The number of aromatic nitrogens is 2. The number of nitrogens with zero attached hydrogens (tertiary/aromatic N) is 3. The van der Waals surface area contributed by atoms with Crippen molar-refractivity contribution in [2.24, 2.45) is 0 Å². The Hall–Kier alpha value is -3.27. The van der Waals surface area contributed by atoms with Crippen LogP contribution in [0.3, 0.4) is 0 Å². The van der Waals surface area contributed by atoms with Crippen molar-refractivity contribution >= 4 is 49.8 Å². The number of pyridine rings is 2. The molecule has 1 saturated heterocycles. The third-order valence-corrected chi connectivity index (χ3v) is 8.01. The summed E-state index contributed by atoms with van der Waals surface area (Å²) in [6.07, 6.45) is 4.68. The zero-order valence-electron chi connectivity index (χ0n) is 20.3. The number of rotatable bonds is 8. The van der Waals surface area contributed by atoms with Crippen LogP contribution in [0.25, 0.3) is 21.0 Å². The highest BCUT2D eigenvalue weighted by atomic mass is 32.1. The van der Waals surface area contributed by atoms with Crippen molar-refractivity contribution in [2.75, 3.05) is 30.3 Å². The standard InChI is InChI=1S/C27H31N5O3S/c1-2-5-17-14-21(31-26-22(17)23(28)25(36-26)27(34)35)32-12-9-18(10-13-32)30-15-20(33)24-19-7-4-3-6-16(19)8-11-29-24/h3-4,6-8,11,14,18,20,30,33H,2,5,9-10,12-13,15,28H2,1H3,(H,34,35). The summed E-state index contributed by atoms with van der Waals surface area (Å²) in [4.78, 5) is 24.0. The molecule has 9 heteroatoms. The van der Waals surface area contributed by atoms with Crippen LogP contribution in [0.5, 0.6) is 0 Å². The Morgan fingerprint density at radius 1 is 1.28 bits per heavy atom. The number of nitrogens with two attached hydrogens (primary N) is 1. The number of fused-ring (bicyclic) bond motifs is 2. The van der Waals surface area contributed by atoms with E-state index in [-0.39, 0.29) is 4.88 Å². The number of thiophene rings is 1. The van der Waals surface area contributed by atoms with E-state index in [1.165, 1.54) is 0 Å². The Morgan fingerprint density at radius 3 is 2.81 bits per heavy atom. The number of aromatic carboxylic acids is 1. The first-order chi connectivity index (χ1) is 17.5. The molecule has 188 valence electrons. The van der Waals surface area contributed by atoms with Crippen molar-refractivity contribution in [1.82, 2.24) is 15.3 Å². The summed E-state index contributed by atoms with van der Waals surface area (Å²) in [5.41, 5.74) is 8.28. The molecule has 0 amide bonds. The maximum absolute atomic E-state index is 11.6. The number of benzene rings is 1. The number of aryl methyl sites for hydroxylation is 1. The smallest absolute Gasteiger partial charge is 0.348 e. The molecule has 0 aliphatic carbocycles. The minimum atomic E-state index is -1.01. The molecule has 4 aromatic rings. The molecule has 1 atom stereocenters. The number of aliphatic hydroxyl groups excluding tert-OH is 1. The normalized spacial score (nSPS) is 15.6. The van der Waals surface area contributed by atoms with E-state index in [1.807, 2.05) is 30.3 Å². The second kappa shape index (κ2) is 10.4. The first-order valence-electron chi connectivity index (χ1n) is 12.4. The van der Waals surface area contributed by atoms with Gasteiger partial charge >= 0.3 is 5.97 Å². The second-order valence-electron chi connectivity index (χ2n) is 9.32. The number of carbonyl (C=O) groups is 1. The fourth-order valence-electron chi connectivity index (χ4n) is 5.07. The molecule has 36 heavy (non-hydrogen) atoms. The van der Waals surface area contributed by atoms with E-state index in [2.05, 4.69) is 28.2 Å². The van der Waals surface area contributed by atoms with Crippen LogP contribution in [0.4, 0.5) is 11.5 Å². The molecule has 8 nitrogen and oxygen atoms in total. The molecule has 1 aromatic carbocycles. The van der Waals surface area contributed by atoms with Gasteiger partial charge in [-0.1, -0.05) is 37.6 Å². The Bertz CT molecular complexity index is 1390. The molecular weight excluding hydrogens is 474 g/mol. The van der Waals surface area contributed by atoms with Crippen LogP contribution in [0, 0.1) is 0 Å². The first kappa shape index (κ1) is 24.4. The van der Waals surface area contributed by atoms with E-state index in [0.29, 0.717) is 28.8 Å². The summed E-state index contributed by atoms with van der Waals surface area (Å²) in [7, 11) is 0. The maximum atomic E-state index is 11.6. The summed E-state index contributed by atoms with van der Waals surface area (Å²) < 4.78 is 0. The molecule has 1 unspecified atom stereocenters. The number of nitrogen functional groups attached to an aromatic ring is 1. The molecule has 5 rings (SSSR count). The van der Waals surface area contributed by atoms with E-state index >= 15 is 0 Å². The third-order valence-electron chi connectivity index (χ3n) is 6.92. The van der Waals surface area contributed by atoms with Gasteiger partial charge in [0.25, 0.3) is 0 Å². The van der Waals surface area contributed by atoms with Gasteiger partial charge in [0.2, 0.25) is 0 Å². The van der Waals surface area contributed by atoms with E-state index in [9.17, 15) is 15.0 Å². The number of carboxylic acids is 1. The van der Waals surface area contributed by atoms with Gasteiger partial charge in [-0.05, 0) is 42.3 Å². The van der Waals surface area contributed by atoms with Gasteiger partial charge in [0, 0.05) is 42.6 Å². The van der Waals surface area contributed by atoms with E-state index in [1.54, 1.807) is 6.20 Å². The summed E-state index contributed by atoms with van der Waals surface area (Å²) in [6.45, 7) is 4.21. The molecule has 5 N–H and O–H groups in total. The second-order valence-corrected chi connectivity index (χ2v) is 10.3. The fourth-order valence-corrected chi connectivity index (χ4v) is 6.04. The zero-order chi connectivity index (χ0) is 25.2. The lowest BCUT2D eigenvalue weighted by Crippen LogP contribution is -2.44. The molecule has 3 aromatic heterocycles. The molecule has 1 aliphatic heterocycles. The molecule has 0 saturated carbocycles. The maximum Gasteiger partial charge on any atom is 0.348 e. The third kappa shape index (κ3) is 4.74. The lowest BCUT2D eigenvalue weighted by molar-refractivity contribution is 0.0703. The highest BCUT2D eigenvalue weighted by Crippen LogP contribution is 2.37. The Morgan fingerprint density at radius 2 is 2.06 bits per heavy atom. The predicted octanol–water partition coefficient (Wildman–Crippen LogP) is 4.37. The van der Waals surface area contributed by atoms with Crippen molar-refractivity contribution in [3.05, 3.63) is 58.7 Å². The van der Waals surface area contributed by atoms with E-state index in [0.717, 1.165) is 77.6 Å². The molecule has 0 bridgehead atoms. The molecule has 1 aliphatic rings. The van der Waals surface area contributed by atoms with Crippen LogP contribution in [0.1, 0.15) is 53.2 Å². The molecular formula is C27H31N5O3S. The van der Waals surface area contributed by atoms with Crippen LogP contribution >= 0.6 is 11.3 Å². The molecule has 0 radical (unpaired) electrons.